The Labute approximate surface area is 135 Å². The predicted octanol–water partition coefficient (Wildman–Crippen LogP) is 3.06. The van der Waals surface area contributed by atoms with E-state index in [1.54, 1.807) is 24.3 Å². The quantitative estimate of drug-likeness (QED) is 0.767. The Morgan fingerprint density at radius 1 is 1.23 bits per heavy atom. The highest BCUT2D eigenvalue weighted by molar-refractivity contribution is 6.34. The lowest BCUT2D eigenvalue weighted by atomic mass is 10.1. The van der Waals surface area contributed by atoms with E-state index in [4.69, 9.17) is 16.7 Å². The summed E-state index contributed by atoms with van der Waals surface area (Å²) >= 11 is 6.02. The molecule has 2 aromatic rings. The summed E-state index contributed by atoms with van der Waals surface area (Å²) in [7, 11) is 0. The van der Waals surface area contributed by atoms with Gasteiger partial charge in [0.15, 0.2) is 0 Å². The molecule has 4 nitrogen and oxygen atoms in total. The highest BCUT2D eigenvalue weighted by Gasteiger charge is 2.10. The monoisotopic (exact) mass is 318 g/mol. The predicted molar refractivity (Wildman–Crippen MR) is 89.2 cm³/mol. The van der Waals surface area contributed by atoms with Crippen LogP contribution < -0.4 is 10.6 Å². The van der Waals surface area contributed by atoms with Crippen molar-refractivity contribution in [2.75, 3.05) is 11.9 Å². The van der Waals surface area contributed by atoms with E-state index in [9.17, 15) is 4.79 Å². The first-order valence-corrected chi connectivity index (χ1v) is 7.47. The van der Waals surface area contributed by atoms with Crippen molar-refractivity contribution in [3.63, 3.8) is 0 Å². The number of anilines is 1. The molecule has 0 radical (unpaired) electrons. The molecule has 0 spiro atoms. The van der Waals surface area contributed by atoms with Crippen molar-refractivity contribution in [2.24, 2.45) is 0 Å². The van der Waals surface area contributed by atoms with Gasteiger partial charge < -0.3 is 15.7 Å². The van der Waals surface area contributed by atoms with Gasteiger partial charge in [-0.2, -0.15) is 0 Å². The molecule has 0 aliphatic rings. The van der Waals surface area contributed by atoms with E-state index >= 15 is 0 Å². The number of amides is 1. The fraction of sp³-hybridized carbons (Fsp3) is 0.235. The van der Waals surface area contributed by atoms with Gasteiger partial charge in [-0.25, -0.2) is 0 Å². The molecule has 0 bridgehead atoms. The molecule has 2 aromatic carbocycles. The van der Waals surface area contributed by atoms with Crippen molar-refractivity contribution < 1.29 is 9.90 Å². The summed E-state index contributed by atoms with van der Waals surface area (Å²) in [6.07, 6.45) is 0. The zero-order valence-corrected chi connectivity index (χ0v) is 13.1. The zero-order chi connectivity index (χ0) is 15.9. The number of halogens is 1. The van der Waals surface area contributed by atoms with E-state index in [2.05, 4.69) is 10.6 Å². The molecule has 22 heavy (non-hydrogen) atoms. The lowest BCUT2D eigenvalue weighted by Gasteiger charge is -2.12. The second-order valence-electron chi connectivity index (χ2n) is 5.10. The third-order valence-corrected chi connectivity index (χ3v) is 3.56. The molecule has 0 saturated heterocycles. The molecular weight excluding hydrogens is 300 g/mol. The summed E-state index contributed by atoms with van der Waals surface area (Å²) in [6, 6.07) is 14.5. The summed E-state index contributed by atoms with van der Waals surface area (Å²) in [5.74, 6) is -0.237. The minimum atomic E-state index is -0.237. The van der Waals surface area contributed by atoms with Crippen LogP contribution in [0.5, 0.6) is 0 Å². The van der Waals surface area contributed by atoms with Crippen LogP contribution in [-0.2, 0) is 6.54 Å². The molecule has 1 atom stereocenters. The molecule has 5 heteroatoms. The van der Waals surface area contributed by atoms with E-state index in [0.29, 0.717) is 22.8 Å². The third kappa shape index (κ3) is 4.56. The van der Waals surface area contributed by atoms with Crippen molar-refractivity contribution in [3.8, 4) is 0 Å². The van der Waals surface area contributed by atoms with E-state index in [1.807, 2.05) is 31.2 Å². The van der Waals surface area contributed by atoms with Crippen LogP contribution >= 0.6 is 11.6 Å². The van der Waals surface area contributed by atoms with Crippen LogP contribution in [0, 0.1) is 0 Å². The van der Waals surface area contributed by atoms with Crippen LogP contribution in [0.1, 0.15) is 22.8 Å². The van der Waals surface area contributed by atoms with Crippen molar-refractivity contribution in [2.45, 2.75) is 19.5 Å². The second-order valence-corrected chi connectivity index (χ2v) is 5.51. The maximum atomic E-state index is 12.2. The molecule has 2 rings (SSSR count). The highest BCUT2D eigenvalue weighted by Crippen LogP contribution is 2.18. The van der Waals surface area contributed by atoms with Crippen LogP contribution in [0.2, 0.25) is 5.02 Å². The summed E-state index contributed by atoms with van der Waals surface area (Å²) in [6.45, 7) is 2.61. The SMILES string of the molecule is C[C@H](CO)NCc1cccc(NC(=O)c2ccccc2Cl)c1. The number of benzene rings is 2. The van der Waals surface area contributed by atoms with Crippen LogP contribution in [0.3, 0.4) is 0 Å². The molecule has 3 N–H and O–H groups in total. The Kier molecular flexibility index (Phi) is 5.95. The van der Waals surface area contributed by atoms with Gasteiger partial charge in [-0.05, 0) is 36.8 Å². The first kappa shape index (κ1) is 16.5. The van der Waals surface area contributed by atoms with Crippen LogP contribution in [0.25, 0.3) is 0 Å². The number of rotatable bonds is 6. The van der Waals surface area contributed by atoms with E-state index in [0.717, 1.165) is 5.56 Å². The molecule has 0 aromatic heterocycles. The second kappa shape index (κ2) is 7.94. The number of aliphatic hydroxyl groups excluding tert-OH is 1. The average Bonchev–Trinajstić information content (AvgIpc) is 2.53. The molecule has 0 saturated carbocycles. The fourth-order valence-electron chi connectivity index (χ4n) is 1.96. The van der Waals surface area contributed by atoms with Gasteiger partial charge >= 0.3 is 0 Å². The van der Waals surface area contributed by atoms with Crippen molar-refractivity contribution in [1.82, 2.24) is 5.32 Å². The number of carbonyl (C=O) groups is 1. The Morgan fingerprint density at radius 3 is 2.73 bits per heavy atom. The van der Waals surface area contributed by atoms with Gasteiger partial charge in [0, 0.05) is 18.3 Å². The van der Waals surface area contributed by atoms with Gasteiger partial charge in [0.1, 0.15) is 0 Å². The number of hydrogen-bond acceptors (Lipinski definition) is 3. The highest BCUT2D eigenvalue weighted by atomic mass is 35.5. The van der Waals surface area contributed by atoms with Crippen molar-refractivity contribution in [1.29, 1.82) is 0 Å². The normalized spacial score (nSPS) is 12.0. The number of carbonyl (C=O) groups excluding carboxylic acids is 1. The maximum absolute atomic E-state index is 12.2. The smallest absolute Gasteiger partial charge is 0.257 e. The summed E-state index contributed by atoms with van der Waals surface area (Å²) in [5, 5.41) is 15.5. The standard InChI is InChI=1S/C17H19ClN2O2/c1-12(11-21)19-10-13-5-4-6-14(9-13)20-17(22)15-7-2-3-8-16(15)18/h2-9,12,19,21H,10-11H2,1H3,(H,20,22)/t12-/m1/s1. The molecule has 0 fully saturated rings. The topological polar surface area (TPSA) is 61.4 Å². The minimum absolute atomic E-state index is 0.0290. The van der Waals surface area contributed by atoms with Crippen molar-refractivity contribution in [3.05, 3.63) is 64.7 Å². The molecule has 1 amide bonds. The molecule has 0 heterocycles. The zero-order valence-electron chi connectivity index (χ0n) is 12.3. The minimum Gasteiger partial charge on any atom is -0.395 e. The average molecular weight is 319 g/mol. The maximum Gasteiger partial charge on any atom is 0.257 e. The Bertz CT molecular complexity index is 646. The first-order chi connectivity index (χ1) is 10.6. The number of nitrogens with one attached hydrogen (secondary N) is 2. The van der Waals surface area contributed by atoms with Crippen molar-refractivity contribution >= 4 is 23.2 Å². The Balaban J connectivity index is 2.04. The lowest BCUT2D eigenvalue weighted by molar-refractivity contribution is 0.102. The van der Waals surface area contributed by atoms with Gasteiger partial charge in [-0.1, -0.05) is 35.9 Å². The fourth-order valence-corrected chi connectivity index (χ4v) is 2.18. The van der Waals surface area contributed by atoms with Gasteiger partial charge in [-0.3, -0.25) is 4.79 Å². The third-order valence-electron chi connectivity index (χ3n) is 3.23. The largest absolute Gasteiger partial charge is 0.395 e. The number of aliphatic hydroxyl groups is 1. The van der Waals surface area contributed by atoms with Gasteiger partial charge in [0.2, 0.25) is 0 Å². The summed E-state index contributed by atoms with van der Waals surface area (Å²) < 4.78 is 0. The van der Waals surface area contributed by atoms with E-state index in [1.165, 1.54) is 0 Å². The van der Waals surface area contributed by atoms with Crippen LogP contribution in [0.4, 0.5) is 5.69 Å². The molecular formula is C17H19ClN2O2. The first-order valence-electron chi connectivity index (χ1n) is 7.09. The summed E-state index contributed by atoms with van der Waals surface area (Å²) in [4.78, 5) is 12.2. The number of hydrogen-bond donors (Lipinski definition) is 3. The van der Waals surface area contributed by atoms with Crippen LogP contribution in [-0.4, -0.2) is 23.7 Å². The van der Waals surface area contributed by atoms with Gasteiger partial charge in [0.25, 0.3) is 5.91 Å². The summed E-state index contributed by atoms with van der Waals surface area (Å²) in [5.41, 5.74) is 2.18. The Hall–Kier alpha value is -1.88. The van der Waals surface area contributed by atoms with Crippen LogP contribution in [0.15, 0.2) is 48.5 Å². The molecule has 0 unspecified atom stereocenters. The van der Waals surface area contributed by atoms with Gasteiger partial charge in [-0.15, -0.1) is 0 Å². The Morgan fingerprint density at radius 2 is 2.00 bits per heavy atom. The van der Waals surface area contributed by atoms with Gasteiger partial charge in [0.05, 0.1) is 17.2 Å². The van der Waals surface area contributed by atoms with E-state index in [-0.39, 0.29) is 18.6 Å². The lowest BCUT2D eigenvalue weighted by Crippen LogP contribution is -2.28. The van der Waals surface area contributed by atoms with E-state index < -0.39 is 0 Å². The molecule has 116 valence electrons. The molecule has 0 aliphatic carbocycles. The molecule has 0 aliphatic heterocycles.